The minimum Gasteiger partial charge on any atom is -0.360 e. The van der Waals surface area contributed by atoms with E-state index in [-0.39, 0.29) is 35.7 Å². The number of aromatic nitrogens is 2. The van der Waals surface area contributed by atoms with E-state index in [1.807, 2.05) is 12.1 Å². The van der Waals surface area contributed by atoms with Gasteiger partial charge in [-0.3, -0.25) is 19.5 Å². The number of aryl methyl sites for hydroxylation is 1. The summed E-state index contributed by atoms with van der Waals surface area (Å²) in [5.74, 6) is -0.0988. The summed E-state index contributed by atoms with van der Waals surface area (Å²) in [6, 6.07) is 12.5. The van der Waals surface area contributed by atoms with Crippen molar-refractivity contribution in [2.45, 2.75) is 39.3 Å². The molecule has 2 amide bonds. The smallest absolute Gasteiger partial charge is 0.272 e. The Hall–Kier alpha value is -3.87. The number of hydrogen-bond donors (Lipinski definition) is 1. The predicted octanol–water partition coefficient (Wildman–Crippen LogP) is 4.76. The van der Waals surface area contributed by atoms with Crippen molar-refractivity contribution in [1.29, 1.82) is 0 Å². The fourth-order valence-electron chi connectivity index (χ4n) is 3.99. The molecule has 1 N–H and O–H groups in total. The first-order chi connectivity index (χ1) is 17.1. The fourth-order valence-corrected chi connectivity index (χ4v) is 4.75. The van der Waals surface area contributed by atoms with Gasteiger partial charge in [0, 0.05) is 29.1 Å². The molecule has 0 spiro atoms. The first-order valence-corrected chi connectivity index (χ1v) is 11.9. The number of nitrogens with zero attached hydrogens (tertiary/aromatic N) is 5. The van der Waals surface area contributed by atoms with Gasteiger partial charge >= 0.3 is 0 Å². The van der Waals surface area contributed by atoms with Crippen LogP contribution in [-0.4, -0.2) is 32.4 Å². The highest BCUT2D eigenvalue weighted by atomic mass is 35.5. The van der Waals surface area contributed by atoms with Crippen LogP contribution in [0.15, 0.2) is 54.9 Å². The van der Waals surface area contributed by atoms with Crippen LogP contribution in [0.25, 0.3) is 4.85 Å². The van der Waals surface area contributed by atoms with Crippen molar-refractivity contribution >= 4 is 57.9 Å². The quantitative estimate of drug-likeness (QED) is 0.374. The molecule has 1 aliphatic heterocycles. The molecular formula is C26H23ClN6O2S. The van der Waals surface area contributed by atoms with Crippen LogP contribution in [0.3, 0.4) is 0 Å². The summed E-state index contributed by atoms with van der Waals surface area (Å²) in [5.41, 5.74) is 2.25. The van der Waals surface area contributed by atoms with Crippen molar-refractivity contribution in [1.82, 2.24) is 15.3 Å². The molecule has 2 aromatic heterocycles. The number of rotatable bonds is 6. The van der Waals surface area contributed by atoms with E-state index in [0.717, 1.165) is 5.56 Å². The molecule has 0 atom stereocenters. The number of pyridine rings is 2. The normalized spacial score (nSPS) is 14.6. The van der Waals surface area contributed by atoms with Gasteiger partial charge in [-0.25, -0.2) is 0 Å². The van der Waals surface area contributed by atoms with Gasteiger partial charge in [0.2, 0.25) is 5.91 Å². The molecule has 0 aliphatic carbocycles. The molecule has 3 aromatic rings. The van der Waals surface area contributed by atoms with Crippen LogP contribution in [0.4, 0.5) is 17.2 Å². The first-order valence-electron chi connectivity index (χ1n) is 11.1. The standard InChI is InChI=1S/C26H23ClN6O2S/c1-16-11-20(15-31-23(16)28-4)32-24(35)26(2,3)33(25(32)36)19-9-8-17(21(27)13-19)14-30-22(34)12-18-7-5-6-10-29-18/h5-11,13,15H,12,14H2,1-3H3,(H,30,34). The van der Waals surface area contributed by atoms with Crippen molar-refractivity contribution in [3.05, 3.63) is 88.1 Å². The third kappa shape index (κ3) is 4.78. The largest absolute Gasteiger partial charge is 0.360 e. The lowest BCUT2D eigenvalue weighted by molar-refractivity contribution is -0.121. The molecule has 0 radical (unpaired) electrons. The van der Waals surface area contributed by atoms with E-state index in [4.69, 9.17) is 30.4 Å². The van der Waals surface area contributed by atoms with Crippen LogP contribution in [-0.2, 0) is 22.6 Å². The number of hydrogen-bond acceptors (Lipinski definition) is 5. The van der Waals surface area contributed by atoms with E-state index in [1.165, 1.54) is 11.1 Å². The molecule has 0 saturated carbocycles. The van der Waals surface area contributed by atoms with E-state index in [0.29, 0.717) is 27.7 Å². The van der Waals surface area contributed by atoms with Crippen LogP contribution >= 0.6 is 23.8 Å². The van der Waals surface area contributed by atoms with E-state index in [9.17, 15) is 9.59 Å². The van der Waals surface area contributed by atoms with Crippen molar-refractivity contribution < 1.29 is 9.59 Å². The van der Waals surface area contributed by atoms with Gasteiger partial charge in [-0.2, -0.15) is 0 Å². The Bertz CT molecular complexity index is 1400. The Balaban J connectivity index is 1.53. The number of halogens is 1. The van der Waals surface area contributed by atoms with Gasteiger partial charge in [0.15, 0.2) is 5.11 Å². The number of nitrogens with one attached hydrogen (secondary N) is 1. The summed E-state index contributed by atoms with van der Waals surface area (Å²) >= 11 is 12.3. The second-order valence-electron chi connectivity index (χ2n) is 8.81. The van der Waals surface area contributed by atoms with E-state index in [2.05, 4.69) is 20.1 Å². The summed E-state index contributed by atoms with van der Waals surface area (Å²) in [5, 5.41) is 3.58. The Labute approximate surface area is 219 Å². The third-order valence-electron chi connectivity index (χ3n) is 5.91. The molecule has 1 aromatic carbocycles. The van der Waals surface area contributed by atoms with E-state index >= 15 is 0 Å². The van der Waals surface area contributed by atoms with Gasteiger partial charge in [0.1, 0.15) is 11.7 Å². The predicted molar refractivity (Wildman–Crippen MR) is 143 cm³/mol. The highest BCUT2D eigenvalue weighted by Crippen LogP contribution is 2.38. The zero-order valence-electron chi connectivity index (χ0n) is 19.9. The molecule has 0 unspecified atom stereocenters. The minimum absolute atomic E-state index is 0.162. The number of carbonyl (C=O) groups is 2. The maximum atomic E-state index is 13.4. The van der Waals surface area contributed by atoms with Gasteiger partial charge in [-0.1, -0.05) is 30.3 Å². The Morgan fingerprint density at radius 2 is 1.97 bits per heavy atom. The van der Waals surface area contributed by atoms with E-state index in [1.54, 1.807) is 62.2 Å². The third-order valence-corrected chi connectivity index (χ3v) is 6.62. The maximum absolute atomic E-state index is 13.4. The summed E-state index contributed by atoms with van der Waals surface area (Å²) in [7, 11) is 0. The van der Waals surface area contributed by atoms with Crippen molar-refractivity contribution in [2.75, 3.05) is 9.80 Å². The van der Waals surface area contributed by atoms with Gasteiger partial charge in [-0.05, 0) is 74.4 Å². The zero-order valence-corrected chi connectivity index (χ0v) is 21.5. The van der Waals surface area contributed by atoms with Crippen molar-refractivity contribution in [2.24, 2.45) is 0 Å². The van der Waals surface area contributed by atoms with Gasteiger partial charge in [0.25, 0.3) is 11.7 Å². The van der Waals surface area contributed by atoms with Gasteiger partial charge in [-0.15, -0.1) is 4.98 Å². The number of anilines is 2. The molecule has 3 heterocycles. The fraction of sp³-hybridized carbons (Fsp3) is 0.231. The van der Waals surface area contributed by atoms with Crippen molar-refractivity contribution in [3.63, 3.8) is 0 Å². The summed E-state index contributed by atoms with van der Waals surface area (Å²) in [6.07, 6.45) is 3.30. The molecule has 4 rings (SSSR count). The molecular weight excluding hydrogens is 496 g/mol. The molecule has 1 aliphatic rings. The average Bonchev–Trinajstić information content (AvgIpc) is 3.02. The van der Waals surface area contributed by atoms with Crippen LogP contribution in [0.2, 0.25) is 5.02 Å². The zero-order chi connectivity index (χ0) is 26.0. The Morgan fingerprint density at radius 3 is 2.61 bits per heavy atom. The molecule has 10 heteroatoms. The number of thiocarbonyl (C=S) groups is 1. The second-order valence-corrected chi connectivity index (χ2v) is 9.59. The first kappa shape index (κ1) is 25.2. The highest BCUT2D eigenvalue weighted by molar-refractivity contribution is 7.81. The molecule has 1 fully saturated rings. The lowest BCUT2D eigenvalue weighted by Crippen LogP contribution is -2.44. The van der Waals surface area contributed by atoms with Crippen LogP contribution < -0.4 is 15.1 Å². The molecule has 8 nitrogen and oxygen atoms in total. The Morgan fingerprint density at radius 1 is 1.19 bits per heavy atom. The summed E-state index contributed by atoms with van der Waals surface area (Å²) in [4.78, 5) is 40.6. The molecule has 1 saturated heterocycles. The number of carbonyl (C=O) groups excluding carboxylic acids is 2. The topological polar surface area (TPSA) is 82.8 Å². The maximum Gasteiger partial charge on any atom is 0.272 e. The molecule has 182 valence electrons. The monoisotopic (exact) mass is 518 g/mol. The van der Waals surface area contributed by atoms with Crippen LogP contribution in [0.5, 0.6) is 0 Å². The van der Waals surface area contributed by atoms with E-state index < -0.39 is 5.54 Å². The van der Waals surface area contributed by atoms with Crippen molar-refractivity contribution in [3.8, 4) is 0 Å². The SMILES string of the molecule is [C-]#[N+]c1ncc(N2C(=O)C(C)(C)N(c3ccc(CNC(=O)Cc4ccccn4)c(Cl)c3)C2=S)cc1C. The minimum atomic E-state index is -0.981. The number of benzene rings is 1. The van der Waals surface area contributed by atoms with Crippen LogP contribution in [0.1, 0.15) is 30.7 Å². The molecule has 0 bridgehead atoms. The van der Waals surface area contributed by atoms with Crippen LogP contribution in [0, 0.1) is 13.5 Å². The molecule has 36 heavy (non-hydrogen) atoms. The van der Waals surface area contributed by atoms with Gasteiger partial charge < -0.3 is 15.1 Å². The second kappa shape index (κ2) is 10.0. The average molecular weight is 519 g/mol. The lowest BCUT2D eigenvalue weighted by atomic mass is 10.0. The number of amides is 2. The Kier molecular flexibility index (Phi) is 7.02. The van der Waals surface area contributed by atoms with Gasteiger partial charge in [0.05, 0.1) is 12.1 Å². The summed E-state index contributed by atoms with van der Waals surface area (Å²) < 4.78 is 0. The highest BCUT2D eigenvalue weighted by Gasteiger charge is 2.50. The summed E-state index contributed by atoms with van der Waals surface area (Å²) in [6.45, 7) is 12.8. The lowest BCUT2D eigenvalue weighted by Gasteiger charge is -2.29.